The smallest absolute Gasteiger partial charge is 0.281 e. The van der Waals surface area contributed by atoms with E-state index >= 15 is 0 Å². The molecular formula is C14H18N4O2S. The molecule has 0 saturated carbocycles. The molecule has 0 fully saturated rings. The maximum absolute atomic E-state index is 12.3. The third kappa shape index (κ3) is 2.48. The largest absolute Gasteiger partial charge is 0.282 e. The Balaban J connectivity index is 1.98. The molecule has 0 amide bonds. The Hall–Kier alpha value is -1.70. The predicted octanol–water partition coefficient (Wildman–Crippen LogP) is 1.24. The van der Waals surface area contributed by atoms with Crippen molar-refractivity contribution in [3.8, 4) is 11.3 Å². The van der Waals surface area contributed by atoms with E-state index in [9.17, 15) is 8.42 Å². The van der Waals surface area contributed by atoms with Crippen molar-refractivity contribution in [1.29, 1.82) is 0 Å². The van der Waals surface area contributed by atoms with E-state index in [2.05, 4.69) is 10.2 Å². The van der Waals surface area contributed by atoms with E-state index in [0.29, 0.717) is 19.5 Å². The van der Waals surface area contributed by atoms with Gasteiger partial charge >= 0.3 is 0 Å². The second kappa shape index (κ2) is 5.25. The minimum absolute atomic E-state index is 0.358. The van der Waals surface area contributed by atoms with Crippen molar-refractivity contribution in [1.82, 2.24) is 18.8 Å². The molecule has 0 unspecified atom stereocenters. The fourth-order valence-corrected chi connectivity index (χ4v) is 3.61. The average Bonchev–Trinajstić information content (AvgIpc) is 2.91. The number of nitrogens with zero attached hydrogens (tertiary/aromatic N) is 3. The number of nitrogens with one attached hydrogen (secondary N) is 1. The summed E-state index contributed by atoms with van der Waals surface area (Å²) in [7, 11) is -0.287. The molecule has 0 saturated heterocycles. The molecule has 3 rings (SSSR count). The zero-order valence-electron chi connectivity index (χ0n) is 12.1. The van der Waals surface area contributed by atoms with Crippen LogP contribution in [0.3, 0.4) is 0 Å². The highest BCUT2D eigenvalue weighted by Crippen LogP contribution is 2.29. The SMILES string of the molecule is CN(C)S(=O)(=O)N1CCc2[nH]nc(-c3ccccc3)c2C1. The van der Waals surface area contributed by atoms with Gasteiger partial charge in [0.25, 0.3) is 10.2 Å². The number of benzene rings is 1. The Bertz CT molecular complexity index is 738. The van der Waals surface area contributed by atoms with E-state index < -0.39 is 10.2 Å². The summed E-state index contributed by atoms with van der Waals surface area (Å²) >= 11 is 0. The predicted molar refractivity (Wildman–Crippen MR) is 80.7 cm³/mol. The molecule has 21 heavy (non-hydrogen) atoms. The molecule has 1 aliphatic heterocycles. The van der Waals surface area contributed by atoms with Gasteiger partial charge in [0.15, 0.2) is 0 Å². The molecular weight excluding hydrogens is 288 g/mol. The van der Waals surface area contributed by atoms with Gasteiger partial charge in [-0.25, -0.2) is 0 Å². The molecule has 2 heterocycles. The van der Waals surface area contributed by atoms with Crippen LogP contribution in [-0.2, 0) is 23.2 Å². The minimum atomic E-state index is -3.39. The number of hydrogen-bond donors (Lipinski definition) is 1. The van der Waals surface area contributed by atoms with Gasteiger partial charge < -0.3 is 0 Å². The van der Waals surface area contributed by atoms with Crippen molar-refractivity contribution in [3.05, 3.63) is 41.6 Å². The molecule has 0 spiro atoms. The van der Waals surface area contributed by atoms with Gasteiger partial charge in [-0.3, -0.25) is 5.10 Å². The van der Waals surface area contributed by atoms with Crippen molar-refractivity contribution >= 4 is 10.2 Å². The average molecular weight is 306 g/mol. The van der Waals surface area contributed by atoms with Gasteiger partial charge in [0.1, 0.15) is 0 Å². The van der Waals surface area contributed by atoms with Crippen molar-refractivity contribution in [3.63, 3.8) is 0 Å². The number of hydrogen-bond acceptors (Lipinski definition) is 3. The van der Waals surface area contributed by atoms with Crippen LogP contribution in [0.1, 0.15) is 11.3 Å². The lowest BCUT2D eigenvalue weighted by atomic mass is 10.0. The zero-order valence-corrected chi connectivity index (χ0v) is 12.9. The summed E-state index contributed by atoms with van der Waals surface area (Å²) < 4.78 is 27.3. The molecule has 112 valence electrons. The molecule has 0 atom stereocenters. The summed E-state index contributed by atoms with van der Waals surface area (Å²) in [6.07, 6.45) is 0.655. The van der Waals surface area contributed by atoms with Crippen molar-refractivity contribution < 1.29 is 8.42 Å². The zero-order chi connectivity index (χ0) is 15.0. The van der Waals surface area contributed by atoms with Gasteiger partial charge in [-0.05, 0) is 0 Å². The molecule has 7 heteroatoms. The van der Waals surface area contributed by atoms with Crippen LogP contribution in [0.2, 0.25) is 0 Å². The Morgan fingerprint density at radius 1 is 1.24 bits per heavy atom. The Labute approximate surface area is 124 Å². The fourth-order valence-electron chi connectivity index (χ4n) is 2.53. The van der Waals surface area contributed by atoms with Crippen LogP contribution < -0.4 is 0 Å². The fraction of sp³-hybridized carbons (Fsp3) is 0.357. The number of fused-ring (bicyclic) bond motifs is 1. The van der Waals surface area contributed by atoms with E-state index in [4.69, 9.17) is 0 Å². The van der Waals surface area contributed by atoms with Gasteiger partial charge in [0.2, 0.25) is 0 Å². The number of rotatable bonds is 3. The van der Waals surface area contributed by atoms with Gasteiger partial charge in [-0.15, -0.1) is 0 Å². The highest BCUT2D eigenvalue weighted by molar-refractivity contribution is 7.86. The van der Waals surface area contributed by atoms with Crippen LogP contribution in [-0.4, -0.2) is 47.9 Å². The normalized spacial score (nSPS) is 16.1. The maximum Gasteiger partial charge on any atom is 0.281 e. The second-order valence-corrected chi connectivity index (χ2v) is 7.41. The monoisotopic (exact) mass is 306 g/mol. The summed E-state index contributed by atoms with van der Waals surface area (Å²) in [5, 5.41) is 7.41. The first-order valence-electron chi connectivity index (χ1n) is 6.79. The summed E-state index contributed by atoms with van der Waals surface area (Å²) in [6, 6.07) is 9.82. The molecule has 6 nitrogen and oxygen atoms in total. The van der Waals surface area contributed by atoms with E-state index in [1.165, 1.54) is 8.61 Å². The van der Waals surface area contributed by atoms with Crippen molar-refractivity contribution in [2.75, 3.05) is 20.6 Å². The van der Waals surface area contributed by atoms with Crippen LogP contribution in [0.15, 0.2) is 30.3 Å². The van der Waals surface area contributed by atoms with Crippen LogP contribution >= 0.6 is 0 Å². The minimum Gasteiger partial charge on any atom is -0.282 e. The summed E-state index contributed by atoms with van der Waals surface area (Å²) in [5.74, 6) is 0. The standard InChI is InChI=1S/C14H18N4O2S/c1-17(2)21(19,20)18-9-8-13-12(10-18)14(16-15-13)11-6-4-3-5-7-11/h3-7H,8-10H2,1-2H3,(H,15,16). The third-order valence-electron chi connectivity index (χ3n) is 3.73. The van der Waals surface area contributed by atoms with Crippen molar-refractivity contribution in [2.45, 2.75) is 13.0 Å². The second-order valence-electron chi connectivity index (χ2n) is 5.27. The van der Waals surface area contributed by atoms with Gasteiger partial charge in [-0.2, -0.15) is 22.1 Å². The number of H-pyrrole nitrogens is 1. The topological polar surface area (TPSA) is 69.3 Å². The molecule has 1 aromatic heterocycles. The Morgan fingerprint density at radius 3 is 2.62 bits per heavy atom. The molecule has 0 bridgehead atoms. The first-order valence-corrected chi connectivity index (χ1v) is 8.19. The molecule has 1 aromatic carbocycles. The first kappa shape index (κ1) is 14.2. The van der Waals surface area contributed by atoms with E-state index in [0.717, 1.165) is 22.5 Å². The lowest BCUT2D eigenvalue weighted by Gasteiger charge is -2.28. The van der Waals surface area contributed by atoms with E-state index in [1.54, 1.807) is 14.1 Å². The quantitative estimate of drug-likeness (QED) is 0.927. The molecule has 0 radical (unpaired) electrons. The molecule has 2 aromatic rings. The van der Waals surface area contributed by atoms with Crippen LogP contribution in [0, 0.1) is 0 Å². The number of aromatic amines is 1. The third-order valence-corrected chi connectivity index (χ3v) is 5.62. The van der Waals surface area contributed by atoms with E-state index in [1.807, 2.05) is 30.3 Å². The molecule has 0 aliphatic carbocycles. The summed E-state index contributed by atoms with van der Waals surface area (Å²) in [5.41, 5.74) is 3.83. The summed E-state index contributed by atoms with van der Waals surface area (Å²) in [4.78, 5) is 0. The summed E-state index contributed by atoms with van der Waals surface area (Å²) in [6.45, 7) is 0.834. The number of aromatic nitrogens is 2. The van der Waals surface area contributed by atoms with Gasteiger partial charge in [0, 0.05) is 50.4 Å². The highest BCUT2D eigenvalue weighted by Gasteiger charge is 2.31. The molecule has 1 N–H and O–H groups in total. The molecule has 1 aliphatic rings. The van der Waals surface area contributed by atoms with Crippen molar-refractivity contribution in [2.24, 2.45) is 0 Å². The lowest BCUT2D eigenvalue weighted by molar-refractivity contribution is 0.358. The van der Waals surface area contributed by atoms with Crippen LogP contribution in [0.4, 0.5) is 0 Å². The van der Waals surface area contributed by atoms with Crippen LogP contribution in [0.25, 0.3) is 11.3 Å². The van der Waals surface area contributed by atoms with Gasteiger partial charge in [-0.1, -0.05) is 30.3 Å². The Kier molecular flexibility index (Phi) is 3.56. The lowest BCUT2D eigenvalue weighted by Crippen LogP contribution is -2.42. The van der Waals surface area contributed by atoms with Gasteiger partial charge in [0.05, 0.1) is 5.69 Å². The van der Waals surface area contributed by atoms with Crippen LogP contribution in [0.5, 0.6) is 0 Å². The maximum atomic E-state index is 12.3. The van der Waals surface area contributed by atoms with E-state index in [-0.39, 0.29) is 0 Å². The first-order chi connectivity index (χ1) is 10.00. The Morgan fingerprint density at radius 2 is 1.95 bits per heavy atom. The highest BCUT2D eigenvalue weighted by atomic mass is 32.2.